The van der Waals surface area contributed by atoms with Crippen molar-refractivity contribution in [2.24, 2.45) is 0 Å². The number of halogens is 3. The Morgan fingerprint density at radius 2 is 1.52 bits per heavy atom. The molecule has 0 radical (unpaired) electrons. The van der Waals surface area contributed by atoms with Gasteiger partial charge in [0.25, 0.3) is 0 Å². The molecule has 6 heteroatoms. The summed E-state index contributed by atoms with van der Waals surface area (Å²) in [6.45, 7) is 7.03. The predicted molar refractivity (Wildman–Crippen MR) is 136 cm³/mol. The van der Waals surface area contributed by atoms with Crippen LogP contribution in [0.2, 0.25) is 10.0 Å². The van der Waals surface area contributed by atoms with E-state index >= 15 is 0 Å². The van der Waals surface area contributed by atoms with Crippen molar-refractivity contribution in [3.05, 3.63) is 64.1 Å². The van der Waals surface area contributed by atoms with Crippen molar-refractivity contribution in [3.63, 3.8) is 0 Å². The summed E-state index contributed by atoms with van der Waals surface area (Å²) in [6.07, 6.45) is 3.97. The maximum absolute atomic E-state index is 11.2. The van der Waals surface area contributed by atoms with Crippen molar-refractivity contribution in [3.8, 4) is 11.3 Å². The number of rotatable bonds is 10. The number of aliphatic hydroxyl groups excluding tert-OH is 1. The van der Waals surface area contributed by atoms with Crippen LogP contribution in [0, 0.1) is 0 Å². The molecule has 0 saturated carbocycles. The Kier molecular flexibility index (Phi) is 10.5. The van der Waals surface area contributed by atoms with E-state index in [0.717, 1.165) is 66.5 Å². The van der Waals surface area contributed by atoms with Crippen LogP contribution in [-0.2, 0) is 0 Å². The molecule has 0 amide bonds. The molecule has 0 aliphatic carbocycles. The zero-order chi connectivity index (χ0) is 21.5. The molecule has 0 fully saturated rings. The fraction of sp³-hybridized carbons (Fsp3) is 0.400. The summed E-state index contributed by atoms with van der Waals surface area (Å²) < 4.78 is 0. The Balaban J connectivity index is 0.00000341. The number of fused-ring (bicyclic) bond motifs is 1. The largest absolute Gasteiger partial charge is 0.387 e. The van der Waals surface area contributed by atoms with Crippen molar-refractivity contribution < 1.29 is 5.11 Å². The number of aliphatic hydroxyl groups is 1. The first-order valence-corrected chi connectivity index (χ1v) is 11.5. The number of aromatic nitrogens is 1. The second kappa shape index (κ2) is 12.6. The van der Waals surface area contributed by atoms with Crippen LogP contribution in [-0.4, -0.2) is 34.6 Å². The van der Waals surface area contributed by atoms with E-state index in [1.54, 1.807) is 0 Å². The van der Waals surface area contributed by atoms with E-state index in [4.69, 9.17) is 28.2 Å². The number of benzene rings is 2. The van der Waals surface area contributed by atoms with E-state index in [1.807, 2.05) is 48.5 Å². The molecule has 1 N–H and O–H groups in total. The van der Waals surface area contributed by atoms with Gasteiger partial charge in [-0.05, 0) is 61.8 Å². The molecule has 1 unspecified atom stereocenters. The maximum Gasteiger partial charge on any atom is 0.0924 e. The lowest BCUT2D eigenvalue weighted by Crippen LogP contribution is -2.31. The molecular formula is C25H31Cl3N2O. The summed E-state index contributed by atoms with van der Waals surface area (Å²) in [5.74, 6) is 0. The molecule has 31 heavy (non-hydrogen) atoms. The van der Waals surface area contributed by atoms with Gasteiger partial charge in [-0.3, -0.25) is 0 Å². The van der Waals surface area contributed by atoms with Gasteiger partial charge in [0.1, 0.15) is 0 Å². The summed E-state index contributed by atoms with van der Waals surface area (Å²) in [4.78, 5) is 7.18. The molecule has 0 spiro atoms. The van der Waals surface area contributed by atoms with Crippen molar-refractivity contribution >= 4 is 46.5 Å². The predicted octanol–water partition coefficient (Wildman–Crippen LogP) is 7.57. The van der Waals surface area contributed by atoms with E-state index in [0.29, 0.717) is 16.6 Å². The highest BCUT2D eigenvalue weighted by molar-refractivity contribution is 6.31. The van der Waals surface area contributed by atoms with Gasteiger partial charge in [-0.1, -0.05) is 68.1 Å². The van der Waals surface area contributed by atoms with E-state index in [-0.39, 0.29) is 12.4 Å². The van der Waals surface area contributed by atoms with Gasteiger partial charge < -0.3 is 10.0 Å². The van der Waals surface area contributed by atoms with Gasteiger partial charge in [0.15, 0.2) is 0 Å². The highest BCUT2D eigenvalue weighted by Crippen LogP contribution is 2.31. The zero-order valence-corrected chi connectivity index (χ0v) is 20.5. The average molecular weight is 482 g/mol. The topological polar surface area (TPSA) is 36.4 Å². The van der Waals surface area contributed by atoms with Gasteiger partial charge in [-0.25, -0.2) is 4.98 Å². The quantitative estimate of drug-likeness (QED) is 0.324. The first-order chi connectivity index (χ1) is 14.5. The molecule has 1 aromatic heterocycles. The number of nitrogens with zero attached hydrogens (tertiary/aromatic N) is 2. The monoisotopic (exact) mass is 480 g/mol. The molecule has 0 aliphatic heterocycles. The minimum absolute atomic E-state index is 0. The van der Waals surface area contributed by atoms with Crippen LogP contribution in [0.5, 0.6) is 0 Å². The van der Waals surface area contributed by atoms with E-state index in [1.165, 1.54) is 0 Å². The fourth-order valence-electron chi connectivity index (χ4n) is 3.67. The van der Waals surface area contributed by atoms with Gasteiger partial charge in [0.05, 0.1) is 17.3 Å². The second-order valence-electron chi connectivity index (χ2n) is 7.79. The SMILES string of the molecule is CCCCN(CCCC)CC(O)c1cc(-c2ccc(Cl)cc2)nc2cc(Cl)ccc12.Cl. The second-order valence-corrected chi connectivity index (χ2v) is 8.66. The zero-order valence-electron chi connectivity index (χ0n) is 18.2. The summed E-state index contributed by atoms with van der Waals surface area (Å²) in [5.41, 5.74) is 3.45. The van der Waals surface area contributed by atoms with Crippen molar-refractivity contribution in [2.75, 3.05) is 19.6 Å². The Morgan fingerprint density at radius 1 is 0.903 bits per heavy atom. The molecule has 0 bridgehead atoms. The van der Waals surface area contributed by atoms with Crippen molar-refractivity contribution in [1.29, 1.82) is 0 Å². The van der Waals surface area contributed by atoms with Gasteiger partial charge in [0.2, 0.25) is 0 Å². The lowest BCUT2D eigenvalue weighted by molar-refractivity contribution is 0.112. The summed E-state index contributed by atoms with van der Waals surface area (Å²) >= 11 is 12.3. The van der Waals surface area contributed by atoms with Crippen LogP contribution in [0.1, 0.15) is 51.2 Å². The molecule has 2 aromatic carbocycles. The molecule has 3 rings (SSSR count). The van der Waals surface area contributed by atoms with Crippen LogP contribution < -0.4 is 0 Å². The molecule has 0 aliphatic rings. The Morgan fingerprint density at radius 3 is 2.13 bits per heavy atom. The number of hydrogen-bond acceptors (Lipinski definition) is 3. The van der Waals surface area contributed by atoms with Crippen LogP contribution in [0.25, 0.3) is 22.2 Å². The van der Waals surface area contributed by atoms with Crippen LogP contribution in [0.15, 0.2) is 48.5 Å². The van der Waals surface area contributed by atoms with E-state index in [9.17, 15) is 5.11 Å². The van der Waals surface area contributed by atoms with Gasteiger partial charge in [-0.15, -0.1) is 12.4 Å². The maximum atomic E-state index is 11.2. The number of pyridine rings is 1. The molecule has 3 aromatic rings. The number of unbranched alkanes of at least 4 members (excludes halogenated alkanes) is 2. The Labute approximate surface area is 201 Å². The minimum Gasteiger partial charge on any atom is -0.387 e. The average Bonchev–Trinajstić information content (AvgIpc) is 2.75. The number of hydrogen-bond donors (Lipinski definition) is 1. The molecular weight excluding hydrogens is 451 g/mol. The molecule has 0 saturated heterocycles. The molecule has 1 atom stereocenters. The van der Waals surface area contributed by atoms with Crippen molar-refractivity contribution in [2.45, 2.75) is 45.6 Å². The van der Waals surface area contributed by atoms with Gasteiger partial charge >= 0.3 is 0 Å². The summed E-state index contributed by atoms with van der Waals surface area (Å²) in [7, 11) is 0. The smallest absolute Gasteiger partial charge is 0.0924 e. The van der Waals surface area contributed by atoms with Crippen LogP contribution in [0.3, 0.4) is 0 Å². The Bertz CT molecular complexity index is 955. The van der Waals surface area contributed by atoms with Gasteiger partial charge in [0, 0.05) is 27.5 Å². The first-order valence-electron chi connectivity index (χ1n) is 10.8. The third-order valence-electron chi connectivity index (χ3n) is 5.39. The summed E-state index contributed by atoms with van der Waals surface area (Å²) in [5, 5.41) is 13.5. The lowest BCUT2D eigenvalue weighted by atomic mass is 9.99. The normalized spacial score (nSPS) is 12.2. The third-order valence-corrected chi connectivity index (χ3v) is 5.88. The van der Waals surface area contributed by atoms with Crippen molar-refractivity contribution in [1.82, 2.24) is 9.88 Å². The third kappa shape index (κ3) is 7.06. The summed E-state index contributed by atoms with van der Waals surface area (Å²) in [6, 6.07) is 15.3. The van der Waals surface area contributed by atoms with Crippen LogP contribution >= 0.6 is 35.6 Å². The lowest BCUT2D eigenvalue weighted by Gasteiger charge is -2.26. The van der Waals surface area contributed by atoms with Crippen LogP contribution in [0.4, 0.5) is 0 Å². The first kappa shape index (κ1) is 25.9. The van der Waals surface area contributed by atoms with E-state index in [2.05, 4.69) is 18.7 Å². The van der Waals surface area contributed by atoms with Gasteiger partial charge in [-0.2, -0.15) is 0 Å². The fourth-order valence-corrected chi connectivity index (χ4v) is 3.97. The standard InChI is InChI=1S/C25H30Cl2N2O.ClH/c1-3-5-13-29(14-6-4-2)17-25(30)22-16-23(18-7-9-19(26)10-8-18)28-24-15-20(27)11-12-21(22)24;/h7-12,15-16,25,30H,3-6,13-14,17H2,1-2H3;1H. The molecule has 3 nitrogen and oxygen atoms in total. The highest BCUT2D eigenvalue weighted by atomic mass is 35.5. The molecule has 1 heterocycles. The van der Waals surface area contributed by atoms with E-state index < -0.39 is 6.10 Å². The minimum atomic E-state index is -0.601. The Hall–Kier alpha value is -1.36. The highest BCUT2D eigenvalue weighted by Gasteiger charge is 2.18. The molecule has 168 valence electrons.